The van der Waals surface area contributed by atoms with E-state index >= 15 is 0 Å². The predicted molar refractivity (Wildman–Crippen MR) is 117 cm³/mol. The van der Waals surface area contributed by atoms with Crippen molar-refractivity contribution in [3.8, 4) is 0 Å². The Balaban J connectivity index is 1.86. The third-order valence-corrected chi connectivity index (χ3v) is 6.04. The minimum Gasteiger partial charge on any atom is -0.377 e. The first-order valence-corrected chi connectivity index (χ1v) is 10.2. The minimum atomic E-state index is -1.59. The zero-order valence-electron chi connectivity index (χ0n) is 18.2. The summed E-state index contributed by atoms with van der Waals surface area (Å²) >= 11 is 0. The maximum absolute atomic E-state index is 12.7. The monoisotopic (exact) mass is 407 g/mol. The van der Waals surface area contributed by atoms with Crippen LogP contribution in [0, 0.1) is 0 Å². The molecule has 2 unspecified atom stereocenters. The zero-order chi connectivity index (χ0) is 21.7. The van der Waals surface area contributed by atoms with Crippen molar-refractivity contribution in [1.29, 1.82) is 0 Å². The summed E-state index contributed by atoms with van der Waals surface area (Å²) in [6, 6.07) is 14.9. The molecule has 5 heteroatoms. The Morgan fingerprint density at radius 3 is 2.43 bits per heavy atom. The summed E-state index contributed by atoms with van der Waals surface area (Å²) in [5.41, 5.74) is 1.78. The van der Waals surface area contributed by atoms with E-state index in [0.29, 0.717) is 16.8 Å². The van der Waals surface area contributed by atoms with Gasteiger partial charge in [-0.05, 0) is 62.9 Å². The summed E-state index contributed by atoms with van der Waals surface area (Å²) in [5, 5.41) is 14.7. The molecule has 4 rings (SSSR count). The Morgan fingerprint density at radius 2 is 1.83 bits per heavy atom. The number of nitrogens with one attached hydrogen (secondary N) is 1. The number of amides is 1. The molecule has 2 aromatic rings. The molecule has 2 atom stereocenters. The lowest BCUT2D eigenvalue weighted by Gasteiger charge is -2.40. The minimum absolute atomic E-state index is 0.219. The topological polar surface area (TPSA) is 67.8 Å². The average Bonchev–Trinajstić information content (AvgIpc) is 2.89. The van der Waals surface area contributed by atoms with Crippen molar-refractivity contribution in [1.82, 2.24) is 0 Å². The Morgan fingerprint density at radius 1 is 1.13 bits per heavy atom. The molecule has 30 heavy (non-hydrogen) atoms. The molecule has 0 bridgehead atoms. The first-order valence-electron chi connectivity index (χ1n) is 10.2. The van der Waals surface area contributed by atoms with E-state index in [1.165, 1.54) is 12.7 Å². The number of fused-ring (bicyclic) bond motifs is 1. The van der Waals surface area contributed by atoms with E-state index in [1.807, 2.05) is 48.5 Å². The lowest BCUT2D eigenvalue weighted by atomic mass is 9.77. The first-order chi connectivity index (χ1) is 14.1. The number of benzene rings is 2. The molecule has 0 saturated carbocycles. The van der Waals surface area contributed by atoms with Crippen LogP contribution in [0.3, 0.4) is 0 Å². The van der Waals surface area contributed by atoms with Gasteiger partial charge in [0, 0.05) is 18.4 Å². The normalized spacial score (nSPS) is 28.3. The third kappa shape index (κ3) is 3.37. The van der Waals surface area contributed by atoms with E-state index in [9.17, 15) is 9.90 Å². The molecule has 1 saturated heterocycles. The van der Waals surface area contributed by atoms with Crippen molar-refractivity contribution >= 4 is 17.7 Å². The fourth-order valence-corrected chi connectivity index (χ4v) is 4.77. The highest BCUT2D eigenvalue weighted by atomic mass is 16.5. The van der Waals surface area contributed by atoms with E-state index in [-0.39, 0.29) is 17.1 Å². The molecular weight excluding hydrogens is 378 g/mol. The van der Waals surface area contributed by atoms with E-state index in [2.05, 4.69) is 39.1 Å². The summed E-state index contributed by atoms with van der Waals surface area (Å²) in [7, 11) is 1.44. The van der Waals surface area contributed by atoms with Gasteiger partial charge in [0.2, 0.25) is 0 Å². The number of carbonyl (C=O) groups excluding carboxylic acids is 1. The fraction of sp³-hybridized carbons (Fsp3) is 0.400. The molecule has 0 spiro atoms. The first kappa shape index (κ1) is 20.8. The highest BCUT2D eigenvalue weighted by Crippen LogP contribution is 2.45. The van der Waals surface area contributed by atoms with E-state index in [1.54, 1.807) is 0 Å². The van der Waals surface area contributed by atoms with Gasteiger partial charge in [0.15, 0.2) is 11.7 Å². The Labute approximate surface area is 177 Å². The van der Waals surface area contributed by atoms with Crippen molar-refractivity contribution in [3.05, 3.63) is 70.8 Å². The van der Waals surface area contributed by atoms with Crippen LogP contribution in [0.4, 0.5) is 5.69 Å². The second kappa shape index (κ2) is 7.05. The van der Waals surface area contributed by atoms with Crippen LogP contribution in [0.15, 0.2) is 54.1 Å². The Kier molecular flexibility index (Phi) is 4.88. The van der Waals surface area contributed by atoms with E-state index < -0.39 is 11.7 Å². The van der Waals surface area contributed by atoms with E-state index in [0.717, 1.165) is 12.0 Å². The van der Waals surface area contributed by atoms with Crippen molar-refractivity contribution < 1.29 is 19.4 Å². The molecule has 0 aromatic heterocycles. The SMILES string of the molecule is COC1C(=O)Nc2ccc(/C=C3/CC(C)(C)OC3(C)C)cc2C1(O)c1ccccc1. The number of anilines is 1. The molecule has 2 aromatic carbocycles. The van der Waals surface area contributed by atoms with Gasteiger partial charge in [0.1, 0.15) is 0 Å². The van der Waals surface area contributed by atoms with Crippen LogP contribution in [-0.4, -0.2) is 35.4 Å². The quantitative estimate of drug-likeness (QED) is 0.798. The summed E-state index contributed by atoms with van der Waals surface area (Å²) < 4.78 is 11.7. The van der Waals surface area contributed by atoms with Gasteiger partial charge in [0.05, 0.1) is 11.2 Å². The van der Waals surface area contributed by atoms with Crippen LogP contribution < -0.4 is 5.32 Å². The molecule has 2 N–H and O–H groups in total. The largest absolute Gasteiger partial charge is 0.377 e. The molecule has 1 amide bonds. The molecule has 0 radical (unpaired) electrons. The van der Waals surface area contributed by atoms with Gasteiger partial charge < -0.3 is 19.9 Å². The number of methoxy groups -OCH3 is 1. The molecule has 2 aliphatic heterocycles. The molecule has 158 valence electrons. The molecule has 2 aliphatic rings. The fourth-order valence-electron chi connectivity index (χ4n) is 4.77. The lowest BCUT2D eigenvalue weighted by molar-refractivity contribution is -0.142. The standard InChI is InChI=1S/C25H29NO4/c1-23(2)15-18(24(3,4)30-23)13-16-11-12-20-19(14-16)25(28,17-9-7-6-8-10-17)21(29-5)22(27)26-20/h6-14,21,28H,15H2,1-5H3,(H,26,27)/b18-13-. The molecule has 0 aliphatic carbocycles. The Bertz CT molecular complexity index is 1010. The number of rotatable bonds is 3. The highest BCUT2D eigenvalue weighted by Gasteiger charge is 2.50. The summed E-state index contributed by atoms with van der Waals surface area (Å²) in [5.74, 6) is -0.366. The number of carbonyl (C=O) groups is 1. The summed E-state index contributed by atoms with van der Waals surface area (Å²) in [6.07, 6.45) is 1.90. The highest BCUT2D eigenvalue weighted by molar-refractivity contribution is 5.99. The van der Waals surface area contributed by atoms with Crippen LogP contribution in [0.5, 0.6) is 0 Å². The van der Waals surface area contributed by atoms with Crippen molar-refractivity contribution in [2.75, 3.05) is 12.4 Å². The van der Waals surface area contributed by atoms with E-state index in [4.69, 9.17) is 9.47 Å². The molecular formula is C25H29NO4. The molecule has 2 heterocycles. The average molecular weight is 408 g/mol. The van der Waals surface area contributed by atoms with Crippen LogP contribution in [-0.2, 0) is 19.9 Å². The van der Waals surface area contributed by atoms with Crippen LogP contribution in [0.1, 0.15) is 50.8 Å². The molecule has 1 fully saturated rings. The van der Waals surface area contributed by atoms with Crippen molar-refractivity contribution in [2.45, 2.75) is 57.0 Å². The number of hydrogen-bond donors (Lipinski definition) is 2. The van der Waals surface area contributed by atoms with Crippen LogP contribution >= 0.6 is 0 Å². The van der Waals surface area contributed by atoms with Crippen LogP contribution in [0.2, 0.25) is 0 Å². The summed E-state index contributed by atoms with van der Waals surface area (Å²) in [6.45, 7) is 8.34. The van der Waals surface area contributed by atoms with Gasteiger partial charge in [-0.25, -0.2) is 0 Å². The van der Waals surface area contributed by atoms with Gasteiger partial charge in [-0.3, -0.25) is 4.79 Å². The lowest BCUT2D eigenvalue weighted by Crippen LogP contribution is -2.52. The number of ether oxygens (including phenoxy) is 2. The second-order valence-electron chi connectivity index (χ2n) is 9.26. The number of aliphatic hydroxyl groups is 1. The molecule has 5 nitrogen and oxygen atoms in total. The van der Waals surface area contributed by atoms with Gasteiger partial charge in [-0.1, -0.05) is 42.5 Å². The van der Waals surface area contributed by atoms with Gasteiger partial charge in [-0.15, -0.1) is 0 Å². The predicted octanol–water partition coefficient (Wildman–Crippen LogP) is 4.25. The maximum atomic E-state index is 12.7. The Hall–Kier alpha value is -2.47. The van der Waals surface area contributed by atoms with Crippen molar-refractivity contribution in [2.24, 2.45) is 0 Å². The van der Waals surface area contributed by atoms with Crippen molar-refractivity contribution in [3.63, 3.8) is 0 Å². The van der Waals surface area contributed by atoms with Gasteiger partial charge in [0.25, 0.3) is 5.91 Å². The van der Waals surface area contributed by atoms with Gasteiger partial charge in [-0.2, -0.15) is 0 Å². The van der Waals surface area contributed by atoms with Gasteiger partial charge >= 0.3 is 0 Å². The number of hydrogen-bond acceptors (Lipinski definition) is 4. The zero-order valence-corrected chi connectivity index (χ0v) is 18.2. The van der Waals surface area contributed by atoms with Crippen LogP contribution in [0.25, 0.3) is 6.08 Å². The maximum Gasteiger partial charge on any atom is 0.257 e. The second-order valence-corrected chi connectivity index (χ2v) is 9.26. The third-order valence-electron chi connectivity index (χ3n) is 6.04. The summed E-state index contributed by atoms with van der Waals surface area (Å²) in [4.78, 5) is 12.7. The smallest absolute Gasteiger partial charge is 0.257 e.